The van der Waals surface area contributed by atoms with Crippen LogP contribution in [0.5, 0.6) is 0 Å². The second-order valence-electron chi connectivity index (χ2n) is 5.72. The van der Waals surface area contributed by atoms with E-state index in [0.717, 1.165) is 11.1 Å². The average molecular weight is 362 g/mol. The normalized spacial score (nSPS) is 13.6. The highest BCUT2D eigenvalue weighted by atomic mass is 35.5. The highest BCUT2D eigenvalue weighted by Crippen LogP contribution is 2.26. The van der Waals surface area contributed by atoms with Crippen molar-refractivity contribution in [2.24, 2.45) is 0 Å². The van der Waals surface area contributed by atoms with Crippen molar-refractivity contribution in [3.63, 3.8) is 0 Å². The molecule has 0 aliphatic carbocycles. The maximum absolute atomic E-state index is 6.18. The maximum Gasteiger partial charge on any atom is 0.247 e. The van der Waals surface area contributed by atoms with Gasteiger partial charge in [-0.05, 0) is 36.8 Å². The lowest BCUT2D eigenvalue weighted by Gasteiger charge is -2.24. The highest BCUT2D eigenvalue weighted by molar-refractivity contribution is 6.30. The van der Waals surface area contributed by atoms with Crippen molar-refractivity contribution in [3.05, 3.63) is 71.1 Å². The molecule has 0 saturated carbocycles. The summed E-state index contributed by atoms with van der Waals surface area (Å²) in [6.07, 6.45) is 0. The quantitative estimate of drug-likeness (QED) is 0.650. The van der Waals surface area contributed by atoms with Crippen molar-refractivity contribution in [3.8, 4) is 11.5 Å². The first-order valence-corrected chi connectivity index (χ1v) is 8.47. The molecule has 0 saturated heterocycles. The molecule has 1 unspecified atom stereocenters. The molecule has 1 N–H and O–H groups in total. The molecule has 0 fully saturated rings. The molecule has 24 heavy (non-hydrogen) atoms. The van der Waals surface area contributed by atoms with Crippen LogP contribution >= 0.6 is 23.2 Å². The van der Waals surface area contributed by atoms with E-state index in [1.807, 2.05) is 37.3 Å². The molecule has 1 heterocycles. The number of benzene rings is 2. The van der Waals surface area contributed by atoms with E-state index in [-0.39, 0.29) is 0 Å². The predicted molar refractivity (Wildman–Crippen MR) is 96.1 cm³/mol. The zero-order chi connectivity index (χ0) is 17.0. The van der Waals surface area contributed by atoms with Crippen molar-refractivity contribution in [2.75, 3.05) is 5.88 Å². The lowest BCUT2D eigenvalue weighted by Crippen LogP contribution is -2.41. The van der Waals surface area contributed by atoms with Gasteiger partial charge >= 0.3 is 0 Å². The van der Waals surface area contributed by atoms with Gasteiger partial charge in [0, 0.05) is 23.0 Å². The number of aromatic nitrogens is 2. The van der Waals surface area contributed by atoms with Gasteiger partial charge in [0.15, 0.2) is 0 Å². The number of nitrogens with zero attached hydrogens (tertiary/aromatic N) is 2. The Morgan fingerprint density at radius 1 is 1.04 bits per heavy atom. The van der Waals surface area contributed by atoms with Crippen LogP contribution in [0.15, 0.2) is 59.0 Å². The monoisotopic (exact) mass is 361 g/mol. The van der Waals surface area contributed by atoms with Gasteiger partial charge in [0.25, 0.3) is 0 Å². The highest BCUT2D eigenvalue weighted by Gasteiger charge is 2.31. The second-order valence-corrected chi connectivity index (χ2v) is 6.43. The topological polar surface area (TPSA) is 51.0 Å². The summed E-state index contributed by atoms with van der Waals surface area (Å²) in [6, 6.07) is 17.3. The third kappa shape index (κ3) is 3.78. The lowest BCUT2D eigenvalue weighted by atomic mass is 10.0. The van der Waals surface area contributed by atoms with E-state index in [2.05, 4.69) is 27.6 Å². The molecule has 2 aromatic carbocycles. The van der Waals surface area contributed by atoms with Crippen molar-refractivity contribution >= 4 is 23.2 Å². The molecule has 6 heteroatoms. The molecule has 4 nitrogen and oxygen atoms in total. The minimum atomic E-state index is -0.616. The van der Waals surface area contributed by atoms with Crippen molar-refractivity contribution in [1.29, 1.82) is 0 Å². The number of alkyl halides is 1. The van der Waals surface area contributed by atoms with Gasteiger partial charge in [-0.15, -0.1) is 21.8 Å². The molecule has 1 aromatic heterocycles. The summed E-state index contributed by atoms with van der Waals surface area (Å²) in [5.74, 6) is 1.21. The van der Waals surface area contributed by atoms with Crippen LogP contribution in [-0.4, -0.2) is 16.1 Å². The van der Waals surface area contributed by atoms with E-state index >= 15 is 0 Å². The fraction of sp³-hybridized carbons (Fsp3) is 0.222. The molecular weight excluding hydrogens is 345 g/mol. The Morgan fingerprint density at radius 3 is 2.42 bits per heavy atom. The zero-order valence-corrected chi connectivity index (χ0v) is 14.7. The summed E-state index contributed by atoms with van der Waals surface area (Å²) in [5, 5.41) is 12.4. The first-order chi connectivity index (χ1) is 11.6. The fourth-order valence-corrected chi connectivity index (χ4v) is 2.56. The average Bonchev–Trinajstić information content (AvgIpc) is 3.12. The van der Waals surface area contributed by atoms with E-state index in [1.54, 1.807) is 12.1 Å². The number of hydrogen-bond acceptors (Lipinski definition) is 4. The van der Waals surface area contributed by atoms with Crippen LogP contribution in [0.2, 0.25) is 5.02 Å². The second kappa shape index (κ2) is 7.34. The molecule has 0 amide bonds. The Labute approximate surface area is 150 Å². The summed E-state index contributed by atoms with van der Waals surface area (Å²) in [6.45, 7) is 2.60. The Kier molecular flexibility index (Phi) is 5.19. The van der Waals surface area contributed by atoms with Crippen molar-refractivity contribution in [1.82, 2.24) is 15.5 Å². The number of rotatable bonds is 6. The lowest BCUT2D eigenvalue weighted by molar-refractivity contribution is 0.313. The fourth-order valence-electron chi connectivity index (χ4n) is 2.23. The van der Waals surface area contributed by atoms with Crippen LogP contribution in [0.1, 0.15) is 18.4 Å². The number of hydrogen-bond donors (Lipinski definition) is 1. The van der Waals surface area contributed by atoms with Crippen LogP contribution in [0.4, 0.5) is 0 Å². The molecule has 1 atom stereocenters. The van der Waals surface area contributed by atoms with Gasteiger partial charge in [-0.3, -0.25) is 5.32 Å². The van der Waals surface area contributed by atoms with Crippen molar-refractivity contribution in [2.45, 2.75) is 19.0 Å². The maximum atomic E-state index is 6.18. The van der Waals surface area contributed by atoms with E-state index in [9.17, 15) is 0 Å². The predicted octanol–water partition coefficient (Wildman–Crippen LogP) is 4.63. The molecular formula is C18H17Cl2N3O. The van der Waals surface area contributed by atoms with Gasteiger partial charge in [-0.25, -0.2) is 0 Å². The van der Waals surface area contributed by atoms with E-state index in [4.69, 9.17) is 27.6 Å². The first kappa shape index (κ1) is 17.0. The molecule has 0 spiro atoms. The minimum Gasteiger partial charge on any atom is -0.419 e. The number of halogens is 2. The van der Waals surface area contributed by atoms with Gasteiger partial charge in [0.1, 0.15) is 5.54 Å². The SMILES string of the molecule is CC(CCl)(NCc1ccccc1)c1nnc(-c2ccc(Cl)cc2)o1. The molecule has 0 radical (unpaired) electrons. The first-order valence-electron chi connectivity index (χ1n) is 7.55. The van der Waals surface area contributed by atoms with Gasteiger partial charge < -0.3 is 4.42 Å². The molecule has 3 aromatic rings. The molecule has 0 aliphatic rings. The van der Waals surface area contributed by atoms with Gasteiger partial charge in [-0.2, -0.15) is 0 Å². The summed E-state index contributed by atoms with van der Waals surface area (Å²) < 4.78 is 5.84. The Bertz CT molecular complexity index is 790. The summed E-state index contributed by atoms with van der Waals surface area (Å²) in [5.41, 5.74) is 1.36. The van der Waals surface area contributed by atoms with Gasteiger partial charge in [0.05, 0.1) is 0 Å². The van der Waals surface area contributed by atoms with Crippen LogP contribution in [0, 0.1) is 0 Å². The third-order valence-electron chi connectivity index (χ3n) is 3.78. The summed E-state index contributed by atoms with van der Waals surface area (Å²) >= 11 is 12.1. The van der Waals surface area contributed by atoms with E-state index < -0.39 is 5.54 Å². The standard InChI is InChI=1S/C18H17Cl2N3O/c1-18(12-19,21-11-13-5-3-2-4-6-13)17-23-22-16(24-17)14-7-9-15(20)10-8-14/h2-10,21H,11-12H2,1H3. The molecule has 124 valence electrons. The Balaban J connectivity index is 1.79. The molecule has 0 bridgehead atoms. The van der Waals surface area contributed by atoms with Gasteiger partial charge in [-0.1, -0.05) is 41.9 Å². The van der Waals surface area contributed by atoms with Crippen LogP contribution in [-0.2, 0) is 12.1 Å². The smallest absolute Gasteiger partial charge is 0.247 e. The zero-order valence-electron chi connectivity index (χ0n) is 13.2. The summed E-state index contributed by atoms with van der Waals surface area (Å²) in [4.78, 5) is 0. The van der Waals surface area contributed by atoms with E-state index in [0.29, 0.717) is 29.2 Å². The van der Waals surface area contributed by atoms with E-state index in [1.165, 1.54) is 0 Å². The largest absolute Gasteiger partial charge is 0.419 e. The molecule has 3 rings (SSSR count). The van der Waals surface area contributed by atoms with Crippen LogP contribution in [0.3, 0.4) is 0 Å². The van der Waals surface area contributed by atoms with Crippen molar-refractivity contribution < 1.29 is 4.42 Å². The minimum absolute atomic E-state index is 0.308. The van der Waals surface area contributed by atoms with Crippen LogP contribution < -0.4 is 5.32 Å². The van der Waals surface area contributed by atoms with Gasteiger partial charge in [0.2, 0.25) is 11.8 Å². The van der Waals surface area contributed by atoms with Crippen LogP contribution in [0.25, 0.3) is 11.5 Å². The third-order valence-corrected chi connectivity index (χ3v) is 4.57. The number of nitrogens with one attached hydrogen (secondary N) is 1. The molecule has 0 aliphatic heterocycles. The Hall–Kier alpha value is -1.88. The summed E-state index contributed by atoms with van der Waals surface area (Å²) in [7, 11) is 0. The Morgan fingerprint density at radius 2 is 1.75 bits per heavy atom.